The van der Waals surface area contributed by atoms with E-state index in [0.717, 1.165) is 12.3 Å². The highest BCUT2D eigenvalue weighted by Gasteiger charge is 2.18. The fraction of sp³-hybridized carbons (Fsp3) is 0.538. The van der Waals surface area contributed by atoms with Gasteiger partial charge in [-0.05, 0) is 29.5 Å². The monoisotopic (exact) mass is 208 g/mol. The highest BCUT2D eigenvalue weighted by atomic mass is 16.5. The molecule has 1 aromatic rings. The lowest BCUT2D eigenvalue weighted by Gasteiger charge is -2.22. The van der Waals surface area contributed by atoms with E-state index in [1.54, 1.807) is 0 Å². The second-order valence-corrected chi connectivity index (χ2v) is 4.95. The predicted molar refractivity (Wildman–Crippen MR) is 63.1 cm³/mol. The smallest absolute Gasteiger partial charge is 0.137 e. The molecule has 0 radical (unpaired) electrons. The minimum atomic E-state index is 0.129. The minimum Gasteiger partial charge on any atom is -0.487 e. The highest BCUT2D eigenvalue weighted by Crippen LogP contribution is 2.31. The lowest BCUT2D eigenvalue weighted by molar-refractivity contribution is -0.370. The molecular formula is C13H22NO+. The Kier molecular flexibility index (Phi) is 3.75. The fourth-order valence-electron chi connectivity index (χ4n) is 1.55. The Labute approximate surface area is 92.4 Å². The molecule has 0 aliphatic heterocycles. The molecule has 0 spiro atoms. The quantitative estimate of drug-likeness (QED) is 0.809. The molecule has 0 bridgehead atoms. The minimum absolute atomic E-state index is 0.129. The third kappa shape index (κ3) is 3.24. The average molecular weight is 208 g/mol. The maximum Gasteiger partial charge on any atom is 0.137 e. The van der Waals surface area contributed by atoms with Crippen molar-refractivity contribution in [2.24, 2.45) is 0 Å². The Morgan fingerprint density at radius 2 is 1.93 bits per heavy atom. The van der Waals surface area contributed by atoms with Crippen LogP contribution in [0, 0.1) is 6.92 Å². The molecule has 1 rings (SSSR count). The van der Waals surface area contributed by atoms with Gasteiger partial charge in [0.05, 0.1) is 0 Å². The summed E-state index contributed by atoms with van der Waals surface area (Å²) in [6.07, 6.45) is 0. The molecule has 84 valence electrons. The summed E-state index contributed by atoms with van der Waals surface area (Å²) in [5, 5.41) is 0. The van der Waals surface area contributed by atoms with Crippen molar-refractivity contribution in [1.82, 2.24) is 0 Å². The van der Waals surface area contributed by atoms with Gasteiger partial charge in [-0.3, -0.25) is 0 Å². The molecule has 0 saturated heterocycles. The maximum absolute atomic E-state index is 5.73. The topological polar surface area (TPSA) is 36.9 Å². The van der Waals surface area contributed by atoms with Crippen molar-refractivity contribution in [3.63, 3.8) is 0 Å². The van der Waals surface area contributed by atoms with E-state index in [0.29, 0.717) is 6.61 Å². The predicted octanol–water partition coefficient (Wildman–Crippen LogP) is 1.91. The second kappa shape index (κ2) is 4.67. The molecule has 0 atom stereocenters. The number of hydrogen-bond acceptors (Lipinski definition) is 1. The molecule has 3 N–H and O–H groups in total. The van der Waals surface area contributed by atoms with Crippen molar-refractivity contribution in [1.29, 1.82) is 0 Å². The lowest BCUT2D eigenvalue weighted by Crippen LogP contribution is -2.52. The largest absolute Gasteiger partial charge is 0.487 e. The van der Waals surface area contributed by atoms with Crippen LogP contribution in [0.1, 0.15) is 31.9 Å². The van der Waals surface area contributed by atoms with Crippen molar-refractivity contribution < 1.29 is 10.5 Å². The molecule has 0 unspecified atom stereocenters. The Hall–Kier alpha value is -1.02. The summed E-state index contributed by atoms with van der Waals surface area (Å²) in [6, 6.07) is 6.40. The van der Waals surface area contributed by atoms with Crippen LogP contribution in [0.15, 0.2) is 18.2 Å². The first-order chi connectivity index (χ1) is 6.95. The summed E-state index contributed by atoms with van der Waals surface area (Å²) in [5.41, 5.74) is 6.42. The first kappa shape index (κ1) is 12.1. The van der Waals surface area contributed by atoms with Gasteiger partial charge in [-0.15, -0.1) is 0 Å². The van der Waals surface area contributed by atoms with Crippen LogP contribution in [0.2, 0.25) is 0 Å². The van der Waals surface area contributed by atoms with E-state index in [-0.39, 0.29) is 5.41 Å². The van der Waals surface area contributed by atoms with Crippen LogP contribution in [-0.4, -0.2) is 13.2 Å². The number of quaternary nitrogens is 1. The van der Waals surface area contributed by atoms with E-state index < -0.39 is 0 Å². The van der Waals surface area contributed by atoms with Crippen LogP contribution < -0.4 is 10.5 Å². The standard InChI is InChI=1S/C13H21NO/c1-10-5-6-11(13(2,3)4)12(9-10)15-8-7-14/h5-6,9H,7-8,14H2,1-4H3/p+1. The normalized spacial score (nSPS) is 11.5. The average Bonchev–Trinajstić information content (AvgIpc) is 2.12. The number of aryl methyl sites for hydroxylation is 1. The summed E-state index contributed by atoms with van der Waals surface area (Å²) >= 11 is 0. The van der Waals surface area contributed by atoms with Gasteiger partial charge < -0.3 is 10.5 Å². The van der Waals surface area contributed by atoms with Crippen LogP contribution in [0.3, 0.4) is 0 Å². The molecule has 0 heterocycles. The third-order valence-corrected chi connectivity index (χ3v) is 2.35. The molecule has 2 nitrogen and oxygen atoms in total. The highest BCUT2D eigenvalue weighted by molar-refractivity contribution is 5.41. The summed E-state index contributed by atoms with van der Waals surface area (Å²) < 4.78 is 5.73. The van der Waals surface area contributed by atoms with Crippen LogP contribution in [0.4, 0.5) is 0 Å². The molecule has 0 aliphatic rings. The summed E-state index contributed by atoms with van der Waals surface area (Å²) in [5.74, 6) is 1.01. The van der Waals surface area contributed by atoms with Crippen molar-refractivity contribution in [3.05, 3.63) is 29.3 Å². The number of hydrogen-bond donors (Lipinski definition) is 1. The molecular weight excluding hydrogens is 186 g/mol. The maximum atomic E-state index is 5.73. The van der Waals surface area contributed by atoms with Gasteiger partial charge in [0.2, 0.25) is 0 Å². The van der Waals surface area contributed by atoms with Crippen LogP contribution >= 0.6 is 0 Å². The summed E-state index contributed by atoms with van der Waals surface area (Å²) in [4.78, 5) is 0. The number of ether oxygens (including phenoxy) is 1. The number of benzene rings is 1. The van der Waals surface area contributed by atoms with E-state index in [2.05, 4.69) is 51.6 Å². The molecule has 0 amide bonds. The van der Waals surface area contributed by atoms with Gasteiger partial charge in [0.15, 0.2) is 0 Å². The molecule has 0 aromatic heterocycles. The zero-order chi connectivity index (χ0) is 11.5. The fourth-order valence-corrected chi connectivity index (χ4v) is 1.55. The number of rotatable bonds is 3. The molecule has 0 fully saturated rings. The third-order valence-electron chi connectivity index (χ3n) is 2.35. The second-order valence-electron chi connectivity index (χ2n) is 4.95. The van der Waals surface area contributed by atoms with E-state index in [4.69, 9.17) is 4.74 Å². The Bertz CT molecular complexity index is 326. The molecule has 1 aromatic carbocycles. The van der Waals surface area contributed by atoms with Gasteiger partial charge in [0.1, 0.15) is 18.9 Å². The van der Waals surface area contributed by atoms with Crippen molar-refractivity contribution >= 4 is 0 Å². The molecule has 2 heteroatoms. The van der Waals surface area contributed by atoms with Gasteiger partial charge in [0.25, 0.3) is 0 Å². The molecule has 0 saturated carbocycles. The van der Waals surface area contributed by atoms with Crippen LogP contribution in [0.5, 0.6) is 5.75 Å². The summed E-state index contributed by atoms with van der Waals surface area (Å²) in [6.45, 7) is 10.2. The lowest BCUT2D eigenvalue weighted by atomic mass is 9.86. The van der Waals surface area contributed by atoms with Crippen LogP contribution in [-0.2, 0) is 5.41 Å². The first-order valence-corrected chi connectivity index (χ1v) is 5.48. The van der Waals surface area contributed by atoms with Gasteiger partial charge >= 0.3 is 0 Å². The zero-order valence-corrected chi connectivity index (χ0v) is 10.3. The van der Waals surface area contributed by atoms with E-state index in [1.165, 1.54) is 11.1 Å². The van der Waals surface area contributed by atoms with Crippen LogP contribution in [0.25, 0.3) is 0 Å². The van der Waals surface area contributed by atoms with Crippen molar-refractivity contribution in [3.8, 4) is 5.75 Å². The van der Waals surface area contributed by atoms with Gasteiger partial charge in [-0.25, -0.2) is 0 Å². The summed E-state index contributed by atoms with van der Waals surface area (Å²) in [7, 11) is 0. The van der Waals surface area contributed by atoms with Crippen molar-refractivity contribution in [2.75, 3.05) is 13.2 Å². The Morgan fingerprint density at radius 1 is 1.27 bits per heavy atom. The first-order valence-electron chi connectivity index (χ1n) is 5.48. The SMILES string of the molecule is Cc1ccc(C(C)(C)C)c(OCC[NH3+])c1. The molecule has 15 heavy (non-hydrogen) atoms. The van der Waals surface area contributed by atoms with E-state index in [1.807, 2.05) is 0 Å². The Morgan fingerprint density at radius 3 is 2.47 bits per heavy atom. The zero-order valence-electron chi connectivity index (χ0n) is 10.3. The van der Waals surface area contributed by atoms with Crippen molar-refractivity contribution in [2.45, 2.75) is 33.1 Å². The Balaban J connectivity index is 3.03. The van der Waals surface area contributed by atoms with E-state index >= 15 is 0 Å². The molecule has 0 aliphatic carbocycles. The van der Waals surface area contributed by atoms with Gasteiger partial charge in [0, 0.05) is 0 Å². The van der Waals surface area contributed by atoms with Gasteiger partial charge in [-0.1, -0.05) is 32.9 Å². The van der Waals surface area contributed by atoms with E-state index in [9.17, 15) is 0 Å². The van der Waals surface area contributed by atoms with Gasteiger partial charge in [-0.2, -0.15) is 0 Å².